The molecule has 2 aromatic carbocycles. The number of aromatic nitrogens is 3. The smallest absolute Gasteiger partial charge is 0.414 e. The van der Waals surface area contributed by atoms with Gasteiger partial charge in [0, 0.05) is 30.4 Å². The Morgan fingerprint density at radius 2 is 1.72 bits per heavy atom. The van der Waals surface area contributed by atoms with Crippen molar-refractivity contribution in [3.05, 3.63) is 113 Å². The number of benzene rings is 2. The summed E-state index contributed by atoms with van der Waals surface area (Å²) in [4.78, 5) is 43.3. The lowest BCUT2D eigenvalue weighted by atomic mass is 9.97. The fourth-order valence-corrected chi connectivity index (χ4v) is 5.12. The second kappa shape index (κ2) is 10.4. The van der Waals surface area contributed by atoms with Crippen molar-refractivity contribution in [2.45, 2.75) is 25.3 Å². The molecule has 0 saturated heterocycles. The Morgan fingerprint density at radius 3 is 2.37 bits per heavy atom. The molecule has 6 rings (SSSR count). The normalized spacial score (nSPS) is 13.5. The van der Waals surface area contributed by atoms with Crippen LogP contribution in [-0.2, 0) is 5.54 Å². The molecule has 0 bridgehead atoms. The number of fused-ring (bicyclic) bond motifs is 1. The van der Waals surface area contributed by atoms with E-state index < -0.39 is 29.3 Å². The van der Waals surface area contributed by atoms with Crippen LogP contribution in [0.2, 0.25) is 0 Å². The third-order valence-electron chi connectivity index (χ3n) is 7.68. The SMILES string of the molecule is Cc1ccc(C(=O)NC2(c3ccccn3)CC2)cc1-c1cc(F)n2nc(-c3ccc(F)cc3)c(C(=O)N(C)C(=O)O)c2c1. The van der Waals surface area contributed by atoms with Crippen LogP contribution in [0, 0.1) is 18.7 Å². The quantitative estimate of drug-likeness (QED) is 0.244. The number of pyridine rings is 2. The van der Waals surface area contributed by atoms with Gasteiger partial charge in [0.05, 0.1) is 22.3 Å². The molecule has 43 heavy (non-hydrogen) atoms. The summed E-state index contributed by atoms with van der Waals surface area (Å²) in [5.41, 5.74) is 2.34. The van der Waals surface area contributed by atoms with Gasteiger partial charge >= 0.3 is 6.09 Å². The van der Waals surface area contributed by atoms with Gasteiger partial charge in [0.25, 0.3) is 11.8 Å². The molecule has 11 heteroatoms. The van der Waals surface area contributed by atoms with Gasteiger partial charge in [-0.2, -0.15) is 9.49 Å². The van der Waals surface area contributed by atoms with E-state index in [-0.39, 0.29) is 22.7 Å². The molecule has 216 valence electrons. The van der Waals surface area contributed by atoms with Crippen molar-refractivity contribution < 1.29 is 28.3 Å². The Hall–Kier alpha value is -5.45. The molecule has 1 saturated carbocycles. The summed E-state index contributed by atoms with van der Waals surface area (Å²) in [5.74, 6) is -2.60. The molecule has 0 unspecified atom stereocenters. The van der Waals surface area contributed by atoms with Crippen LogP contribution in [0.1, 0.15) is 44.8 Å². The molecule has 3 amide bonds. The molecular weight excluding hydrogens is 556 g/mol. The van der Waals surface area contributed by atoms with Gasteiger partial charge < -0.3 is 10.4 Å². The zero-order valence-electron chi connectivity index (χ0n) is 23.1. The number of nitrogens with zero attached hydrogens (tertiary/aromatic N) is 4. The third kappa shape index (κ3) is 4.99. The molecule has 0 radical (unpaired) electrons. The highest BCUT2D eigenvalue weighted by atomic mass is 19.1. The van der Waals surface area contributed by atoms with Crippen LogP contribution >= 0.6 is 0 Å². The minimum absolute atomic E-state index is 0.00812. The lowest BCUT2D eigenvalue weighted by Crippen LogP contribution is -2.35. The Labute approximate surface area is 244 Å². The summed E-state index contributed by atoms with van der Waals surface area (Å²) in [7, 11) is 1.08. The summed E-state index contributed by atoms with van der Waals surface area (Å²) in [6.07, 6.45) is 1.69. The second-order valence-corrected chi connectivity index (χ2v) is 10.5. The van der Waals surface area contributed by atoms with Gasteiger partial charge in [-0.05, 0) is 91.1 Å². The number of carboxylic acid groups (broad SMARTS) is 1. The third-order valence-corrected chi connectivity index (χ3v) is 7.68. The highest BCUT2D eigenvalue weighted by Crippen LogP contribution is 2.44. The highest BCUT2D eigenvalue weighted by Gasteiger charge is 2.47. The molecular formula is C32H25F2N5O4. The fraction of sp³-hybridized carbons (Fsp3) is 0.156. The van der Waals surface area contributed by atoms with Gasteiger partial charge in [-0.25, -0.2) is 18.6 Å². The number of hydrogen-bond donors (Lipinski definition) is 2. The highest BCUT2D eigenvalue weighted by molar-refractivity contribution is 6.11. The van der Waals surface area contributed by atoms with Crippen molar-refractivity contribution in [1.82, 2.24) is 24.8 Å². The Morgan fingerprint density at radius 1 is 0.977 bits per heavy atom. The van der Waals surface area contributed by atoms with Crippen LogP contribution in [0.25, 0.3) is 27.9 Å². The van der Waals surface area contributed by atoms with E-state index in [4.69, 9.17) is 0 Å². The summed E-state index contributed by atoms with van der Waals surface area (Å²) in [6, 6.07) is 18.4. The van der Waals surface area contributed by atoms with Crippen molar-refractivity contribution in [3.8, 4) is 22.4 Å². The van der Waals surface area contributed by atoms with E-state index in [0.29, 0.717) is 27.2 Å². The van der Waals surface area contributed by atoms with Crippen molar-refractivity contribution >= 4 is 23.4 Å². The topological polar surface area (TPSA) is 117 Å². The number of hydrogen-bond acceptors (Lipinski definition) is 5. The van der Waals surface area contributed by atoms with Gasteiger partial charge in [-0.1, -0.05) is 12.1 Å². The summed E-state index contributed by atoms with van der Waals surface area (Å²) >= 11 is 0. The number of imide groups is 1. The maximum absolute atomic E-state index is 15.7. The molecule has 0 spiro atoms. The number of carbonyl (C=O) groups excluding carboxylic acids is 2. The fourth-order valence-electron chi connectivity index (χ4n) is 5.12. The molecule has 5 aromatic rings. The van der Waals surface area contributed by atoms with Gasteiger partial charge in [0.1, 0.15) is 11.5 Å². The zero-order chi connectivity index (χ0) is 30.5. The predicted octanol–water partition coefficient (Wildman–Crippen LogP) is 5.82. The molecule has 3 aromatic heterocycles. The second-order valence-electron chi connectivity index (χ2n) is 10.5. The molecule has 3 heterocycles. The number of carbonyl (C=O) groups is 3. The van der Waals surface area contributed by atoms with Crippen molar-refractivity contribution in [1.29, 1.82) is 0 Å². The van der Waals surface area contributed by atoms with Gasteiger partial charge in [-0.3, -0.25) is 14.6 Å². The van der Waals surface area contributed by atoms with Crippen LogP contribution in [0.3, 0.4) is 0 Å². The summed E-state index contributed by atoms with van der Waals surface area (Å²) in [6.45, 7) is 1.81. The van der Waals surface area contributed by atoms with E-state index in [1.54, 1.807) is 31.3 Å². The Kier molecular flexibility index (Phi) is 6.72. The van der Waals surface area contributed by atoms with Crippen LogP contribution in [0.4, 0.5) is 13.6 Å². The number of halogens is 2. The largest absolute Gasteiger partial charge is 0.465 e. The summed E-state index contributed by atoms with van der Waals surface area (Å²) < 4.78 is 30.2. The minimum Gasteiger partial charge on any atom is -0.465 e. The minimum atomic E-state index is -1.51. The van der Waals surface area contributed by atoms with Crippen LogP contribution in [0.15, 0.2) is 79.0 Å². The van der Waals surface area contributed by atoms with E-state index >= 15 is 4.39 Å². The van der Waals surface area contributed by atoms with E-state index in [0.717, 1.165) is 47.8 Å². The van der Waals surface area contributed by atoms with E-state index in [1.165, 1.54) is 24.3 Å². The predicted molar refractivity (Wildman–Crippen MR) is 153 cm³/mol. The van der Waals surface area contributed by atoms with Crippen LogP contribution < -0.4 is 5.32 Å². The standard InChI is InChI=1S/C32H25F2N5O4/c1-18-6-7-20(29(40)36-32(12-13-32)25-5-3-4-14-35-25)15-23(18)21-16-24-27(30(41)38(2)31(42)43)28(37-39(24)26(34)17-21)19-8-10-22(33)11-9-19/h3-11,14-17H,12-13H2,1-2H3,(H,36,40)(H,42,43). The zero-order valence-corrected chi connectivity index (χ0v) is 23.1. The van der Waals surface area contributed by atoms with Gasteiger partial charge in [0.15, 0.2) is 0 Å². The number of amides is 3. The lowest BCUT2D eigenvalue weighted by Gasteiger charge is -2.18. The maximum atomic E-state index is 15.7. The maximum Gasteiger partial charge on any atom is 0.414 e. The number of aryl methyl sites for hydroxylation is 1. The van der Waals surface area contributed by atoms with Gasteiger partial charge in [0.2, 0.25) is 5.95 Å². The molecule has 9 nitrogen and oxygen atoms in total. The Bertz CT molecular complexity index is 1920. The molecule has 1 aliphatic carbocycles. The summed E-state index contributed by atoms with van der Waals surface area (Å²) in [5, 5.41) is 16.8. The van der Waals surface area contributed by atoms with E-state index in [2.05, 4.69) is 15.4 Å². The Balaban J connectivity index is 1.45. The molecule has 0 aliphatic heterocycles. The first-order chi connectivity index (χ1) is 20.6. The number of nitrogens with one attached hydrogen (secondary N) is 1. The van der Waals surface area contributed by atoms with Crippen molar-refractivity contribution in [3.63, 3.8) is 0 Å². The van der Waals surface area contributed by atoms with Crippen LogP contribution in [-0.4, -0.2) is 49.6 Å². The van der Waals surface area contributed by atoms with Crippen LogP contribution in [0.5, 0.6) is 0 Å². The van der Waals surface area contributed by atoms with E-state index in [1.807, 2.05) is 18.2 Å². The molecule has 1 aliphatic rings. The molecule has 2 N–H and O–H groups in total. The van der Waals surface area contributed by atoms with E-state index in [9.17, 15) is 23.9 Å². The average Bonchev–Trinajstić information content (AvgIpc) is 3.68. The first-order valence-corrected chi connectivity index (χ1v) is 13.4. The average molecular weight is 582 g/mol. The first-order valence-electron chi connectivity index (χ1n) is 13.4. The van der Waals surface area contributed by atoms with Gasteiger partial charge in [-0.15, -0.1) is 0 Å². The lowest BCUT2D eigenvalue weighted by molar-refractivity contribution is 0.0783. The van der Waals surface area contributed by atoms with Crippen molar-refractivity contribution in [2.24, 2.45) is 0 Å². The molecule has 1 fully saturated rings. The van der Waals surface area contributed by atoms with Crippen molar-refractivity contribution in [2.75, 3.05) is 7.05 Å². The molecule has 0 atom stereocenters. The monoisotopic (exact) mass is 581 g/mol. The first kappa shape index (κ1) is 27.7. The number of rotatable bonds is 6.